The SMILES string of the molecule is CC1C2CCC(C2)C1CNCCOC(=O)c1ccc([N+](=O)[O-])cc1. The maximum atomic E-state index is 11.9. The van der Waals surface area contributed by atoms with Gasteiger partial charge >= 0.3 is 5.97 Å². The van der Waals surface area contributed by atoms with E-state index >= 15 is 0 Å². The van der Waals surface area contributed by atoms with Crippen molar-refractivity contribution in [1.82, 2.24) is 5.32 Å². The van der Waals surface area contributed by atoms with Crippen molar-refractivity contribution in [1.29, 1.82) is 0 Å². The standard InChI is InChI=1S/C18H24N2O4/c1-12-14-2-3-15(10-14)17(12)11-19-8-9-24-18(21)13-4-6-16(7-5-13)20(22)23/h4-7,12,14-15,17,19H,2-3,8-11H2,1H3. The van der Waals surface area contributed by atoms with Gasteiger partial charge in [-0.3, -0.25) is 10.1 Å². The molecule has 24 heavy (non-hydrogen) atoms. The number of non-ortho nitro benzene ring substituents is 1. The van der Waals surface area contributed by atoms with E-state index in [1.54, 1.807) is 0 Å². The second-order valence-corrected chi connectivity index (χ2v) is 7.00. The average molecular weight is 332 g/mol. The number of nitro benzene ring substituents is 1. The zero-order valence-corrected chi connectivity index (χ0v) is 13.9. The highest BCUT2D eigenvalue weighted by Gasteiger charge is 2.44. The third-order valence-electron chi connectivity index (χ3n) is 5.74. The molecule has 6 nitrogen and oxygen atoms in total. The third kappa shape index (κ3) is 3.59. The van der Waals surface area contributed by atoms with Crippen LogP contribution in [0.5, 0.6) is 0 Å². The molecule has 130 valence electrons. The summed E-state index contributed by atoms with van der Waals surface area (Å²) < 4.78 is 5.21. The molecule has 6 heteroatoms. The van der Waals surface area contributed by atoms with Crippen LogP contribution in [0.1, 0.15) is 36.5 Å². The Kier molecular flexibility index (Phi) is 5.14. The minimum absolute atomic E-state index is 0.0341. The lowest BCUT2D eigenvalue weighted by Crippen LogP contribution is -2.33. The maximum absolute atomic E-state index is 11.9. The summed E-state index contributed by atoms with van der Waals surface area (Å²) in [7, 11) is 0. The van der Waals surface area contributed by atoms with E-state index in [-0.39, 0.29) is 5.69 Å². The highest BCUT2D eigenvalue weighted by atomic mass is 16.6. The number of carbonyl (C=O) groups is 1. The molecular weight excluding hydrogens is 308 g/mol. The molecule has 0 heterocycles. The molecule has 0 aliphatic heterocycles. The summed E-state index contributed by atoms with van der Waals surface area (Å²) in [6.45, 7) is 4.31. The third-order valence-corrected chi connectivity index (χ3v) is 5.74. The van der Waals surface area contributed by atoms with Gasteiger partial charge in [-0.25, -0.2) is 4.79 Å². The zero-order chi connectivity index (χ0) is 17.1. The van der Waals surface area contributed by atoms with Crippen LogP contribution in [0.3, 0.4) is 0 Å². The number of hydrogen-bond donors (Lipinski definition) is 1. The number of hydrogen-bond acceptors (Lipinski definition) is 5. The van der Waals surface area contributed by atoms with Crippen molar-refractivity contribution in [3.63, 3.8) is 0 Å². The smallest absolute Gasteiger partial charge is 0.338 e. The molecule has 1 aromatic carbocycles. The molecule has 2 saturated carbocycles. The van der Waals surface area contributed by atoms with Crippen molar-refractivity contribution in [3.8, 4) is 0 Å². The monoisotopic (exact) mass is 332 g/mol. The Morgan fingerprint density at radius 1 is 1.29 bits per heavy atom. The van der Waals surface area contributed by atoms with Gasteiger partial charge in [0.25, 0.3) is 5.69 Å². The summed E-state index contributed by atoms with van der Waals surface area (Å²) >= 11 is 0. The maximum Gasteiger partial charge on any atom is 0.338 e. The van der Waals surface area contributed by atoms with E-state index in [4.69, 9.17) is 4.74 Å². The van der Waals surface area contributed by atoms with Gasteiger partial charge in [-0.05, 0) is 61.6 Å². The second-order valence-electron chi connectivity index (χ2n) is 7.00. The Hall–Kier alpha value is -1.95. The topological polar surface area (TPSA) is 81.5 Å². The average Bonchev–Trinajstić information content (AvgIpc) is 3.17. The summed E-state index contributed by atoms with van der Waals surface area (Å²) in [5, 5.41) is 14.0. The van der Waals surface area contributed by atoms with Crippen molar-refractivity contribution >= 4 is 11.7 Å². The Labute approximate surface area is 141 Å². The lowest BCUT2D eigenvalue weighted by atomic mass is 9.80. The number of nitro groups is 1. The van der Waals surface area contributed by atoms with Crippen LogP contribution in [0.15, 0.2) is 24.3 Å². The molecule has 0 saturated heterocycles. The van der Waals surface area contributed by atoms with Crippen molar-refractivity contribution < 1.29 is 14.5 Å². The minimum atomic E-state index is -0.490. The second kappa shape index (κ2) is 7.30. The predicted octanol–water partition coefficient (Wildman–Crippen LogP) is 3.02. The predicted molar refractivity (Wildman–Crippen MR) is 89.7 cm³/mol. The van der Waals surface area contributed by atoms with Gasteiger partial charge in [0.1, 0.15) is 6.61 Å². The molecule has 2 aliphatic carbocycles. The van der Waals surface area contributed by atoms with Crippen LogP contribution >= 0.6 is 0 Å². The Bertz CT molecular complexity index is 600. The van der Waals surface area contributed by atoms with Crippen molar-refractivity contribution in [2.24, 2.45) is 23.7 Å². The molecule has 2 fully saturated rings. The summed E-state index contributed by atoms with van der Waals surface area (Å²) in [5.41, 5.74) is 0.301. The first-order chi connectivity index (χ1) is 11.6. The Morgan fingerprint density at radius 2 is 2.00 bits per heavy atom. The molecular formula is C18H24N2O4. The number of ether oxygens (including phenoxy) is 1. The van der Waals surface area contributed by atoms with Gasteiger partial charge in [0, 0.05) is 18.7 Å². The summed E-state index contributed by atoms with van der Waals surface area (Å²) in [4.78, 5) is 22.0. The molecule has 4 unspecified atom stereocenters. The lowest BCUT2D eigenvalue weighted by Gasteiger charge is -2.28. The number of benzene rings is 1. The number of fused-ring (bicyclic) bond motifs is 2. The van der Waals surface area contributed by atoms with E-state index < -0.39 is 10.9 Å². The number of esters is 1. The molecule has 4 atom stereocenters. The van der Waals surface area contributed by atoms with Crippen LogP contribution in [0.25, 0.3) is 0 Å². The highest BCUT2D eigenvalue weighted by molar-refractivity contribution is 5.89. The first kappa shape index (κ1) is 16.9. The normalized spacial score (nSPS) is 28.0. The first-order valence-electron chi connectivity index (χ1n) is 8.68. The Balaban J connectivity index is 1.36. The van der Waals surface area contributed by atoms with Gasteiger partial charge in [0.2, 0.25) is 0 Å². The summed E-state index contributed by atoms with van der Waals surface area (Å²) in [5.74, 6) is 2.91. The molecule has 3 rings (SSSR count). The van der Waals surface area contributed by atoms with Crippen molar-refractivity contribution in [3.05, 3.63) is 39.9 Å². The van der Waals surface area contributed by atoms with Gasteiger partial charge in [-0.15, -0.1) is 0 Å². The van der Waals surface area contributed by atoms with Crippen LogP contribution in [-0.2, 0) is 4.74 Å². The van der Waals surface area contributed by atoms with E-state index in [9.17, 15) is 14.9 Å². The van der Waals surface area contributed by atoms with E-state index in [2.05, 4.69) is 12.2 Å². The fourth-order valence-electron chi connectivity index (χ4n) is 4.34. The Morgan fingerprint density at radius 3 is 2.62 bits per heavy atom. The molecule has 1 aromatic rings. The van der Waals surface area contributed by atoms with Crippen molar-refractivity contribution in [2.45, 2.75) is 26.2 Å². The van der Waals surface area contributed by atoms with Crippen LogP contribution < -0.4 is 5.32 Å². The fourth-order valence-corrected chi connectivity index (χ4v) is 4.34. The van der Waals surface area contributed by atoms with E-state index in [1.807, 2.05) is 0 Å². The number of nitrogens with one attached hydrogen (secondary N) is 1. The molecule has 0 aromatic heterocycles. The number of carbonyl (C=O) groups excluding carboxylic acids is 1. The largest absolute Gasteiger partial charge is 0.461 e. The molecule has 0 radical (unpaired) electrons. The number of rotatable bonds is 7. The van der Waals surface area contributed by atoms with Crippen LogP contribution in [0, 0.1) is 33.8 Å². The molecule has 0 amide bonds. The quantitative estimate of drug-likeness (QED) is 0.359. The summed E-state index contributed by atoms with van der Waals surface area (Å²) in [6.07, 6.45) is 4.16. The first-order valence-corrected chi connectivity index (χ1v) is 8.68. The molecule has 2 bridgehead atoms. The number of nitrogens with zero attached hydrogens (tertiary/aromatic N) is 1. The zero-order valence-electron chi connectivity index (χ0n) is 13.9. The molecule has 1 N–H and O–H groups in total. The van der Waals surface area contributed by atoms with E-state index in [0.717, 1.165) is 30.2 Å². The van der Waals surface area contributed by atoms with Gasteiger partial charge in [-0.2, -0.15) is 0 Å². The molecule has 2 aliphatic rings. The van der Waals surface area contributed by atoms with Crippen LogP contribution in [-0.4, -0.2) is 30.6 Å². The highest BCUT2D eigenvalue weighted by Crippen LogP contribution is 2.51. The molecule has 0 spiro atoms. The van der Waals surface area contributed by atoms with Gasteiger partial charge in [-0.1, -0.05) is 6.92 Å². The van der Waals surface area contributed by atoms with Gasteiger partial charge < -0.3 is 10.1 Å². The fraction of sp³-hybridized carbons (Fsp3) is 0.611. The van der Waals surface area contributed by atoms with Crippen LogP contribution in [0.2, 0.25) is 0 Å². The van der Waals surface area contributed by atoms with E-state index in [0.29, 0.717) is 18.7 Å². The van der Waals surface area contributed by atoms with Crippen LogP contribution in [0.4, 0.5) is 5.69 Å². The van der Waals surface area contributed by atoms with Crippen molar-refractivity contribution in [2.75, 3.05) is 19.7 Å². The lowest BCUT2D eigenvalue weighted by molar-refractivity contribution is -0.384. The summed E-state index contributed by atoms with van der Waals surface area (Å²) in [6, 6.07) is 5.46. The minimum Gasteiger partial charge on any atom is -0.461 e. The van der Waals surface area contributed by atoms with Gasteiger partial charge in [0.15, 0.2) is 0 Å². The van der Waals surface area contributed by atoms with Gasteiger partial charge in [0.05, 0.1) is 10.5 Å². The van der Waals surface area contributed by atoms with E-state index in [1.165, 1.54) is 43.5 Å².